The molecule has 0 saturated heterocycles. The minimum absolute atomic E-state index is 0.470. The lowest BCUT2D eigenvalue weighted by atomic mass is 10.2. The van der Waals surface area contributed by atoms with Gasteiger partial charge in [-0.05, 0) is 0 Å². The van der Waals surface area contributed by atoms with Crippen molar-refractivity contribution >= 4 is 0 Å². The van der Waals surface area contributed by atoms with Gasteiger partial charge in [-0.15, -0.1) is 12.3 Å². The molecule has 0 spiro atoms. The smallest absolute Gasteiger partial charge is 0.111 e. The lowest BCUT2D eigenvalue weighted by molar-refractivity contribution is 0.631. The summed E-state index contributed by atoms with van der Waals surface area (Å²) in [6, 6.07) is 0. The molecular weight excluding hydrogens is 148 g/mol. The van der Waals surface area contributed by atoms with E-state index in [0.717, 1.165) is 18.8 Å². The van der Waals surface area contributed by atoms with Crippen LogP contribution in [0.5, 0.6) is 0 Å². The molecule has 0 bridgehead atoms. The lowest BCUT2D eigenvalue weighted by Gasteiger charge is -2.07. The number of aryl methyl sites for hydroxylation is 1. The van der Waals surface area contributed by atoms with Crippen molar-refractivity contribution in [2.75, 3.05) is 0 Å². The van der Waals surface area contributed by atoms with Gasteiger partial charge < -0.3 is 4.57 Å². The van der Waals surface area contributed by atoms with E-state index in [0.29, 0.717) is 5.92 Å². The lowest BCUT2D eigenvalue weighted by Crippen LogP contribution is -2.04. The second-order valence-corrected chi connectivity index (χ2v) is 3.09. The highest BCUT2D eigenvalue weighted by Gasteiger charge is 2.05. The molecule has 0 amide bonds. The van der Waals surface area contributed by atoms with Gasteiger partial charge in [0.15, 0.2) is 0 Å². The van der Waals surface area contributed by atoms with Crippen LogP contribution in [0, 0.1) is 12.3 Å². The molecule has 12 heavy (non-hydrogen) atoms. The molecule has 0 saturated carbocycles. The van der Waals surface area contributed by atoms with Crippen molar-refractivity contribution in [1.29, 1.82) is 0 Å². The van der Waals surface area contributed by atoms with Gasteiger partial charge >= 0.3 is 0 Å². The van der Waals surface area contributed by atoms with Crippen molar-refractivity contribution < 1.29 is 0 Å². The van der Waals surface area contributed by atoms with Crippen LogP contribution in [0.2, 0.25) is 0 Å². The number of imidazole rings is 1. The van der Waals surface area contributed by atoms with Crippen molar-refractivity contribution in [3.63, 3.8) is 0 Å². The van der Waals surface area contributed by atoms with E-state index in [2.05, 4.69) is 29.3 Å². The summed E-state index contributed by atoms with van der Waals surface area (Å²) in [5, 5.41) is 0. The largest absolute Gasteiger partial charge is 0.334 e. The zero-order valence-electron chi connectivity index (χ0n) is 7.62. The molecule has 1 rings (SSSR count). The van der Waals surface area contributed by atoms with E-state index in [4.69, 9.17) is 6.42 Å². The first-order valence-corrected chi connectivity index (χ1v) is 4.20. The van der Waals surface area contributed by atoms with E-state index >= 15 is 0 Å². The third-order valence-electron chi connectivity index (χ3n) is 1.76. The Balaban J connectivity index is 2.72. The summed E-state index contributed by atoms with van der Waals surface area (Å²) in [6.45, 7) is 5.15. The fourth-order valence-corrected chi connectivity index (χ4v) is 1.20. The monoisotopic (exact) mass is 162 g/mol. The molecule has 0 aliphatic carbocycles. The molecule has 0 N–H and O–H groups in total. The summed E-state index contributed by atoms with van der Waals surface area (Å²) in [6.07, 6.45) is 9.77. The summed E-state index contributed by atoms with van der Waals surface area (Å²) in [5.74, 6) is 4.21. The number of terminal acetylenes is 1. The van der Waals surface area contributed by atoms with Gasteiger partial charge in [0, 0.05) is 31.3 Å². The fourth-order valence-electron chi connectivity index (χ4n) is 1.20. The van der Waals surface area contributed by atoms with Gasteiger partial charge in [0.25, 0.3) is 0 Å². The molecule has 1 aromatic rings. The quantitative estimate of drug-likeness (QED) is 0.622. The molecule has 1 aromatic heterocycles. The highest BCUT2D eigenvalue weighted by molar-refractivity contribution is 4.98. The molecule has 64 valence electrons. The third kappa shape index (κ3) is 1.88. The van der Waals surface area contributed by atoms with Gasteiger partial charge in [-0.2, -0.15) is 0 Å². The highest BCUT2D eigenvalue weighted by atomic mass is 15.1. The molecule has 0 aliphatic heterocycles. The predicted molar refractivity (Wildman–Crippen MR) is 49.8 cm³/mol. The number of hydrogen-bond acceptors (Lipinski definition) is 1. The van der Waals surface area contributed by atoms with Gasteiger partial charge in [0.05, 0.1) is 0 Å². The second kappa shape index (κ2) is 3.96. The van der Waals surface area contributed by atoms with E-state index in [1.54, 1.807) is 0 Å². The molecular formula is C10H14N2. The van der Waals surface area contributed by atoms with Gasteiger partial charge in [-0.1, -0.05) is 13.8 Å². The maximum atomic E-state index is 5.19. The van der Waals surface area contributed by atoms with Crippen molar-refractivity contribution in [1.82, 2.24) is 9.55 Å². The average molecular weight is 162 g/mol. The molecule has 0 aliphatic rings. The molecule has 0 atom stereocenters. The molecule has 2 nitrogen and oxygen atoms in total. The average Bonchev–Trinajstić information content (AvgIpc) is 2.48. The van der Waals surface area contributed by atoms with Crippen LogP contribution in [0.25, 0.3) is 0 Å². The van der Waals surface area contributed by atoms with Crippen molar-refractivity contribution in [2.24, 2.45) is 0 Å². The van der Waals surface area contributed by atoms with Crippen LogP contribution in [-0.4, -0.2) is 9.55 Å². The fraction of sp³-hybridized carbons (Fsp3) is 0.500. The van der Waals surface area contributed by atoms with Crippen LogP contribution < -0.4 is 0 Å². The SMILES string of the molecule is C#CCCn1ccnc1C(C)C. The Morgan fingerprint density at radius 1 is 1.67 bits per heavy atom. The van der Waals surface area contributed by atoms with Gasteiger partial charge in [0.1, 0.15) is 5.82 Å². The maximum Gasteiger partial charge on any atom is 0.111 e. The van der Waals surface area contributed by atoms with Crippen molar-refractivity contribution in [3.05, 3.63) is 18.2 Å². The van der Waals surface area contributed by atoms with Crippen molar-refractivity contribution in [3.8, 4) is 12.3 Å². The van der Waals surface area contributed by atoms with E-state index in [1.807, 2.05) is 12.4 Å². The summed E-state index contributed by atoms with van der Waals surface area (Å²) in [4.78, 5) is 4.26. The minimum Gasteiger partial charge on any atom is -0.334 e. The Bertz CT molecular complexity index is 278. The maximum absolute atomic E-state index is 5.19. The first-order chi connectivity index (χ1) is 5.75. The van der Waals surface area contributed by atoms with Gasteiger partial charge in [-0.25, -0.2) is 4.98 Å². The molecule has 0 radical (unpaired) electrons. The van der Waals surface area contributed by atoms with Crippen LogP contribution in [0.3, 0.4) is 0 Å². The second-order valence-electron chi connectivity index (χ2n) is 3.09. The number of aromatic nitrogens is 2. The van der Waals surface area contributed by atoms with Crippen LogP contribution >= 0.6 is 0 Å². The Kier molecular flexibility index (Phi) is 2.93. The van der Waals surface area contributed by atoms with Crippen molar-refractivity contribution in [2.45, 2.75) is 32.7 Å². The van der Waals surface area contributed by atoms with Gasteiger partial charge in [0.2, 0.25) is 0 Å². The Morgan fingerprint density at radius 2 is 2.42 bits per heavy atom. The molecule has 0 aromatic carbocycles. The van der Waals surface area contributed by atoms with Crippen LogP contribution in [0.1, 0.15) is 32.0 Å². The van der Waals surface area contributed by atoms with Gasteiger partial charge in [-0.3, -0.25) is 0 Å². The zero-order chi connectivity index (χ0) is 8.97. The van der Waals surface area contributed by atoms with Crippen LogP contribution in [0.4, 0.5) is 0 Å². The minimum atomic E-state index is 0.470. The third-order valence-corrected chi connectivity index (χ3v) is 1.76. The van der Waals surface area contributed by atoms with Crippen LogP contribution in [0.15, 0.2) is 12.4 Å². The first-order valence-electron chi connectivity index (χ1n) is 4.20. The molecule has 0 unspecified atom stereocenters. The van der Waals surface area contributed by atoms with Crippen LogP contribution in [-0.2, 0) is 6.54 Å². The highest BCUT2D eigenvalue weighted by Crippen LogP contribution is 2.11. The number of rotatable bonds is 3. The summed E-state index contributed by atoms with van der Waals surface area (Å²) >= 11 is 0. The normalized spacial score (nSPS) is 10.2. The topological polar surface area (TPSA) is 17.8 Å². The molecule has 2 heteroatoms. The first kappa shape index (κ1) is 8.86. The zero-order valence-corrected chi connectivity index (χ0v) is 7.62. The van der Waals surface area contributed by atoms with E-state index in [9.17, 15) is 0 Å². The summed E-state index contributed by atoms with van der Waals surface area (Å²) < 4.78 is 2.12. The summed E-state index contributed by atoms with van der Waals surface area (Å²) in [7, 11) is 0. The number of nitrogens with zero attached hydrogens (tertiary/aromatic N) is 2. The van der Waals surface area contributed by atoms with E-state index < -0.39 is 0 Å². The predicted octanol–water partition coefficient (Wildman–Crippen LogP) is 2.03. The summed E-state index contributed by atoms with van der Waals surface area (Å²) in [5.41, 5.74) is 0. The van der Waals surface area contributed by atoms with E-state index in [-0.39, 0.29) is 0 Å². The Labute approximate surface area is 73.6 Å². The Hall–Kier alpha value is -1.23. The molecule has 1 heterocycles. The Morgan fingerprint density at radius 3 is 3.00 bits per heavy atom. The molecule has 0 fully saturated rings. The number of hydrogen-bond donors (Lipinski definition) is 0. The standard InChI is InChI=1S/C10H14N2/c1-4-5-7-12-8-6-11-10(12)9(2)3/h1,6,8-9H,5,7H2,2-3H3. The van der Waals surface area contributed by atoms with E-state index in [1.165, 1.54) is 0 Å².